The van der Waals surface area contributed by atoms with Crippen molar-refractivity contribution in [2.24, 2.45) is 0 Å². The second kappa shape index (κ2) is 6.74. The van der Waals surface area contributed by atoms with E-state index in [-0.39, 0.29) is 18.8 Å². The Morgan fingerprint density at radius 1 is 1.48 bits per heavy atom. The molecular weight excluding hydrogens is 385 g/mol. The van der Waals surface area contributed by atoms with Crippen LogP contribution in [0.15, 0.2) is 23.1 Å². The minimum Gasteiger partial charge on any atom is -0.462 e. The number of carbonyl (C=O) groups is 1. The van der Waals surface area contributed by atoms with Crippen LogP contribution in [0.25, 0.3) is 10.9 Å². The highest BCUT2D eigenvalue weighted by Gasteiger charge is 2.15. The maximum atomic E-state index is 12.4. The monoisotopic (exact) mass is 397 g/mol. The van der Waals surface area contributed by atoms with E-state index in [0.717, 1.165) is 3.57 Å². The first kappa shape index (κ1) is 15.5. The van der Waals surface area contributed by atoms with E-state index in [2.05, 4.69) is 39.4 Å². The van der Waals surface area contributed by atoms with Crippen LogP contribution < -0.4 is 5.43 Å². The molecule has 1 aromatic heterocycles. The van der Waals surface area contributed by atoms with Crippen molar-refractivity contribution in [3.8, 4) is 11.8 Å². The Morgan fingerprint density at radius 2 is 2.24 bits per heavy atom. The topological polar surface area (TPSA) is 79.4 Å². The lowest BCUT2D eigenvalue weighted by Gasteiger charge is -2.05. The number of aromatic amines is 1. The first-order valence-electron chi connectivity index (χ1n) is 6.20. The molecule has 2 aromatic rings. The highest BCUT2D eigenvalue weighted by molar-refractivity contribution is 14.1. The van der Waals surface area contributed by atoms with Crippen molar-refractivity contribution in [3.63, 3.8) is 0 Å². The summed E-state index contributed by atoms with van der Waals surface area (Å²) >= 11 is 2.08. The molecule has 0 amide bonds. The molecule has 0 aliphatic carbocycles. The molecule has 2 rings (SSSR count). The fourth-order valence-electron chi connectivity index (χ4n) is 1.86. The second-order valence-corrected chi connectivity index (χ2v) is 5.25. The molecular formula is C15H12INO4. The van der Waals surface area contributed by atoms with Gasteiger partial charge in [-0.2, -0.15) is 0 Å². The van der Waals surface area contributed by atoms with Gasteiger partial charge in [-0.25, -0.2) is 4.79 Å². The van der Waals surface area contributed by atoms with Crippen LogP contribution in [0.3, 0.4) is 0 Å². The zero-order chi connectivity index (χ0) is 15.4. The zero-order valence-corrected chi connectivity index (χ0v) is 13.4. The minimum atomic E-state index is -0.650. The van der Waals surface area contributed by atoms with Gasteiger partial charge in [-0.05, 0) is 41.6 Å². The van der Waals surface area contributed by atoms with E-state index in [4.69, 9.17) is 9.84 Å². The molecule has 0 fully saturated rings. The number of aliphatic hydroxyl groups excluding tert-OH is 1. The van der Waals surface area contributed by atoms with Gasteiger partial charge < -0.3 is 14.8 Å². The molecule has 5 nitrogen and oxygen atoms in total. The number of benzene rings is 1. The second-order valence-electron chi connectivity index (χ2n) is 4.09. The largest absolute Gasteiger partial charge is 0.462 e. The summed E-state index contributed by atoms with van der Waals surface area (Å²) in [5, 5.41) is 9.11. The van der Waals surface area contributed by atoms with Crippen molar-refractivity contribution in [1.82, 2.24) is 4.98 Å². The van der Waals surface area contributed by atoms with Crippen LogP contribution in [0.1, 0.15) is 22.8 Å². The number of nitrogens with one attached hydrogen (secondary N) is 1. The van der Waals surface area contributed by atoms with Crippen molar-refractivity contribution in [2.45, 2.75) is 6.92 Å². The van der Waals surface area contributed by atoms with Crippen molar-refractivity contribution >= 4 is 39.5 Å². The van der Waals surface area contributed by atoms with Crippen LogP contribution in [-0.2, 0) is 4.74 Å². The summed E-state index contributed by atoms with van der Waals surface area (Å²) < 4.78 is 5.67. The van der Waals surface area contributed by atoms with Gasteiger partial charge >= 0.3 is 5.97 Å². The predicted molar refractivity (Wildman–Crippen MR) is 87.2 cm³/mol. The molecule has 0 saturated carbocycles. The summed E-state index contributed by atoms with van der Waals surface area (Å²) in [7, 11) is 0. The smallest absolute Gasteiger partial charge is 0.343 e. The molecule has 0 atom stereocenters. The van der Waals surface area contributed by atoms with Gasteiger partial charge in [0.15, 0.2) is 0 Å². The van der Waals surface area contributed by atoms with Gasteiger partial charge in [-0.3, -0.25) is 4.79 Å². The number of H-pyrrole nitrogens is 1. The Hall–Kier alpha value is -1.85. The minimum absolute atomic E-state index is 0.0348. The average Bonchev–Trinajstić information content (AvgIpc) is 2.46. The van der Waals surface area contributed by atoms with Crippen LogP contribution >= 0.6 is 22.6 Å². The van der Waals surface area contributed by atoms with Gasteiger partial charge in [0.2, 0.25) is 5.43 Å². The summed E-state index contributed by atoms with van der Waals surface area (Å²) in [6, 6.07) is 3.40. The molecule has 0 aliphatic rings. The van der Waals surface area contributed by atoms with E-state index >= 15 is 0 Å². The SMILES string of the molecule is CCOC(=O)c1c[nH]c2c(I)cc(C#CCO)cc2c1=O. The first-order valence-corrected chi connectivity index (χ1v) is 7.28. The molecule has 1 heterocycles. The maximum absolute atomic E-state index is 12.4. The summed E-state index contributed by atoms with van der Waals surface area (Å²) in [5.74, 6) is 4.64. The van der Waals surface area contributed by atoms with E-state index in [1.807, 2.05) is 0 Å². The van der Waals surface area contributed by atoms with Crippen molar-refractivity contribution in [2.75, 3.05) is 13.2 Å². The number of esters is 1. The van der Waals surface area contributed by atoms with E-state index in [1.54, 1.807) is 19.1 Å². The quantitative estimate of drug-likeness (QED) is 0.459. The van der Waals surface area contributed by atoms with E-state index in [9.17, 15) is 9.59 Å². The number of hydrogen-bond donors (Lipinski definition) is 2. The summed E-state index contributed by atoms with van der Waals surface area (Å²) in [5.41, 5.74) is 0.816. The molecule has 0 spiro atoms. The van der Waals surface area contributed by atoms with Crippen molar-refractivity contribution in [1.29, 1.82) is 0 Å². The van der Waals surface area contributed by atoms with E-state index in [0.29, 0.717) is 16.5 Å². The van der Waals surface area contributed by atoms with Gasteiger partial charge in [0.1, 0.15) is 12.2 Å². The number of pyridine rings is 1. The van der Waals surface area contributed by atoms with E-state index in [1.165, 1.54) is 6.20 Å². The normalized spacial score (nSPS) is 10.0. The number of aromatic nitrogens is 1. The van der Waals surface area contributed by atoms with Gasteiger partial charge in [0.05, 0.1) is 12.1 Å². The van der Waals surface area contributed by atoms with Gasteiger partial charge in [-0.15, -0.1) is 0 Å². The molecule has 108 valence electrons. The van der Waals surface area contributed by atoms with Crippen LogP contribution in [0.4, 0.5) is 0 Å². The van der Waals surface area contributed by atoms with E-state index < -0.39 is 11.4 Å². The number of carbonyl (C=O) groups excluding carboxylic acids is 1. The number of hydrogen-bond acceptors (Lipinski definition) is 4. The third-order valence-corrected chi connectivity index (χ3v) is 3.60. The van der Waals surface area contributed by atoms with Crippen LogP contribution in [0.2, 0.25) is 0 Å². The Kier molecular flexibility index (Phi) is 4.98. The Balaban J connectivity index is 2.67. The van der Waals surface area contributed by atoms with Crippen LogP contribution in [0.5, 0.6) is 0 Å². The van der Waals surface area contributed by atoms with Crippen LogP contribution in [-0.4, -0.2) is 29.3 Å². The molecule has 6 heteroatoms. The number of rotatable bonds is 2. The molecule has 0 unspecified atom stereocenters. The fourth-order valence-corrected chi connectivity index (χ4v) is 2.64. The summed E-state index contributed by atoms with van der Waals surface area (Å²) in [4.78, 5) is 27.1. The number of halogens is 1. The standard InChI is InChI=1S/C15H12INO4/c1-2-21-15(20)11-8-17-13-10(14(11)19)6-9(4-3-5-18)7-12(13)16/h6-8,18H,2,5H2,1H3,(H,17,19). The number of fused-ring (bicyclic) bond motifs is 1. The average molecular weight is 397 g/mol. The Bertz CT molecular complexity index is 814. The molecule has 2 N–H and O–H groups in total. The lowest BCUT2D eigenvalue weighted by atomic mass is 10.1. The number of aliphatic hydroxyl groups is 1. The molecule has 0 bridgehead atoms. The first-order chi connectivity index (χ1) is 10.1. The highest BCUT2D eigenvalue weighted by atomic mass is 127. The van der Waals surface area contributed by atoms with Crippen LogP contribution in [0, 0.1) is 15.4 Å². The fraction of sp³-hybridized carbons (Fsp3) is 0.200. The summed E-state index contributed by atoms with van der Waals surface area (Å²) in [6.07, 6.45) is 1.36. The van der Waals surface area contributed by atoms with Gasteiger partial charge in [-0.1, -0.05) is 11.8 Å². The third-order valence-electron chi connectivity index (χ3n) is 2.75. The highest BCUT2D eigenvalue weighted by Crippen LogP contribution is 2.19. The predicted octanol–water partition coefficient (Wildman–Crippen LogP) is 1.65. The molecule has 0 aliphatic heterocycles. The molecule has 0 saturated heterocycles. The molecule has 0 radical (unpaired) electrons. The summed E-state index contributed by atoms with van der Waals surface area (Å²) in [6.45, 7) is 1.63. The Labute approximate surface area is 134 Å². The van der Waals surface area contributed by atoms with Crippen molar-refractivity contribution in [3.05, 3.63) is 43.2 Å². The van der Waals surface area contributed by atoms with Crippen molar-refractivity contribution < 1.29 is 14.6 Å². The molecule has 1 aromatic carbocycles. The lowest BCUT2D eigenvalue weighted by Crippen LogP contribution is -2.18. The Morgan fingerprint density at radius 3 is 2.90 bits per heavy atom. The van der Waals surface area contributed by atoms with Gasteiger partial charge in [0, 0.05) is 20.7 Å². The maximum Gasteiger partial charge on any atom is 0.343 e. The van der Waals surface area contributed by atoms with Gasteiger partial charge in [0.25, 0.3) is 0 Å². The zero-order valence-electron chi connectivity index (χ0n) is 11.2. The third kappa shape index (κ3) is 3.25. The molecule has 21 heavy (non-hydrogen) atoms. The number of ether oxygens (including phenoxy) is 1. The lowest BCUT2D eigenvalue weighted by molar-refractivity contribution is 0.0524.